The number of rotatable bonds is 6. The van der Waals surface area contributed by atoms with Crippen molar-refractivity contribution in [3.05, 3.63) is 59.7 Å². The van der Waals surface area contributed by atoms with Crippen LogP contribution in [0.25, 0.3) is 11.1 Å². The summed E-state index contributed by atoms with van der Waals surface area (Å²) in [4.78, 5) is 26.2. The average Bonchev–Trinajstić information content (AvgIpc) is 2.98. The van der Waals surface area contributed by atoms with Gasteiger partial charge in [-0.3, -0.25) is 4.90 Å². The van der Waals surface area contributed by atoms with Crippen LogP contribution in [0.2, 0.25) is 0 Å². The zero-order valence-corrected chi connectivity index (χ0v) is 16.1. The molecule has 4 rings (SSSR count). The lowest BCUT2D eigenvalue weighted by Gasteiger charge is -2.46. The number of carboxylic acid groups (broad SMARTS) is 1. The van der Waals surface area contributed by atoms with Crippen LogP contribution < -0.4 is 0 Å². The maximum atomic E-state index is 12.9. The van der Waals surface area contributed by atoms with Gasteiger partial charge in [-0.25, -0.2) is 9.59 Å². The van der Waals surface area contributed by atoms with Gasteiger partial charge in [-0.2, -0.15) is 0 Å². The largest absolute Gasteiger partial charge is 0.479 e. The molecule has 1 N–H and O–H groups in total. The van der Waals surface area contributed by atoms with Crippen molar-refractivity contribution in [3.8, 4) is 11.1 Å². The third-order valence-electron chi connectivity index (χ3n) is 6.10. The molecule has 0 aromatic heterocycles. The number of ether oxygens (including phenoxy) is 1. The summed E-state index contributed by atoms with van der Waals surface area (Å²) in [6, 6.07) is 16.3. The zero-order chi connectivity index (χ0) is 19.7. The minimum atomic E-state index is -1.10. The predicted molar refractivity (Wildman–Crippen MR) is 106 cm³/mol. The smallest absolute Gasteiger partial charge is 0.410 e. The monoisotopic (exact) mass is 379 g/mol. The van der Waals surface area contributed by atoms with Crippen LogP contribution in [0.3, 0.4) is 0 Å². The Morgan fingerprint density at radius 1 is 1.07 bits per heavy atom. The van der Waals surface area contributed by atoms with E-state index in [0.29, 0.717) is 25.8 Å². The van der Waals surface area contributed by atoms with Crippen molar-refractivity contribution in [2.24, 2.45) is 0 Å². The number of carboxylic acids is 1. The maximum Gasteiger partial charge on any atom is 0.410 e. The molecule has 2 aromatic rings. The molecular formula is C23H25NO4. The molecule has 2 aromatic carbocycles. The number of amides is 1. The lowest BCUT2D eigenvalue weighted by Crippen LogP contribution is -2.61. The van der Waals surface area contributed by atoms with Gasteiger partial charge in [-0.15, -0.1) is 0 Å². The van der Waals surface area contributed by atoms with E-state index in [9.17, 15) is 14.7 Å². The van der Waals surface area contributed by atoms with E-state index in [4.69, 9.17) is 4.74 Å². The first-order valence-corrected chi connectivity index (χ1v) is 9.94. The van der Waals surface area contributed by atoms with E-state index in [-0.39, 0.29) is 12.5 Å². The fourth-order valence-corrected chi connectivity index (χ4v) is 4.49. The van der Waals surface area contributed by atoms with Crippen LogP contribution in [0.4, 0.5) is 4.79 Å². The van der Waals surface area contributed by atoms with Crippen LogP contribution in [0, 0.1) is 0 Å². The van der Waals surface area contributed by atoms with Gasteiger partial charge < -0.3 is 9.84 Å². The van der Waals surface area contributed by atoms with Crippen molar-refractivity contribution < 1.29 is 19.4 Å². The molecule has 0 atom stereocenters. The number of fused-ring (bicyclic) bond motifs is 3. The molecule has 0 radical (unpaired) electrons. The summed E-state index contributed by atoms with van der Waals surface area (Å²) in [6.07, 6.45) is 1.98. The van der Waals surface area contributed by atoms with Crippen LogP contribution in [-0.2, 0) is 9.53 Å². The van der Waals surface area contributed by atoms with E-state index >= 15 is 0 Å². The van der Waals surface area contributed by atoms with E-state index in [2.05, 4.69) is 24.3 Å². The normalized spacial score (nSPS) is 16.6. The molecule has 0 spiro atoms. The van der Waals surface area contributed by atoms with E-state index < -0.39 is 17.6 Å². The minimum Gasteiger partial charge on any atom is -0.479 e. The number of benzene rings is 2. The molecule has 0 heterocycles. The Hall–Kier alpha value is -2.82. The van der Waals surface area contributed by atoms with Gasteiger partial charge >= 0.3 is 12.1 Å². The maximum absolute atomic E-state index is 12.9. The second-order valence-electron chi connectivity index (χ2n) is 7.65. The Morgan fingerprint density at radius 2 is 1.64 bits per heavy atom. The summed E-state index contributed by atoms with van der Waals surface area (Å²) in [5.41, 5.74) is 3.54. The summed E-state index contributed by atoms with van der Waals surface area (Å²) < 4.78 is 5.71. The lowest BCUT2D eigenvalue weighted by atomic mass is 9.75. The average molecular weight is 379 g/mol. The Kier molecular flexibility index (Phi) is 4.84. The zero-order valence-electron chi connectivity index (χ0n) is 16.1. The summed E-state index contributed by atoms with van der Waals surface area (Å²) in [5.74, 6) is -0.956. The topological polar surface area (TPSA) is 66.8 Å². The molecule has 146 valence electrons. The van der Waals surface area contributed by atoms with Crippen LogP contribution in [0.5, 0.6) is 0 Å². The Labute approximate surface area is 164 Å². The molecule has 1 fully saturated rings. The fraction of sp³-hybridized carbons (Fsp3) is 0.391. The third kappa shape index (κ3) is 2.86. The number of nitrogens with zero attached hydrogens (tertiary/aromatic N) is 1. The molecule has 0 unspecified atom stereocenters. The molecule has 28 heavy (non-hydrogen) atoms. The number of carbonyl (C=O) groups is 2. The van der Waals surface area contributed by atoms with E-state index in [1.165, 1.54) is 16.0 Å². The van der Waals surface area contributed by atoms with Gasteiger partial charge in [0.25, 0.3) is 0 Å². The summed E-state index contributed by atoms with van der Waals surface area (Å²) >= 11 is 0. The molecular weight excluding hydrogens is 354 g/mol. The molecule has 1 amide bonds. The van der Waals surface area contributed by atoms with Gasteiger partial charge in [-0.05, 0) is 47.9 Å². The van der Waals surface area contributed by atoms with Crippen molar-refractivity contribution >= 4 is 12.1 Å². The highest BCUT2D eigenvalue weighted by atomic mass is 16.6. The van der Waals surface area contributed by atoms with Gasteiger partial charge in [-0.1, -0.05) is 55.5 Å². The van der Waals surface area contributed by atoms with Gasteiger partial charge in [0.15, 0.2) is 0 Å². The van der Waals surface area contributed by atoms with Gasteiger partial charge in [0.05, 0.1) is 0 Å². The first-order valence-electron chi connectivity index (χ1n) is 9.94. The van der Waals surface area contributed by atoms with Crippen LogP contribution in [-0.4, -0.2) is 40.8 Å². The number of hydrogen-bond donors (Lipinski definition) is 1. The molecule has 1 saturated carbocycles. The van der Waals surface area contributed by atoms with Crippen molar-refractivity contribution in [2.75, 3.05) is 13.2 Å². The second kappa shape index (κ2) is 7.30. The minimum absolute atomic E-state index is 0.0259. The van der Waals surface area contributed by atoms with Gasteiger partial charge in [0.1, 0.15) is 12.1 Å². The van der Waals surface area contributed by atoms with Gasteiger partial charge in [0.2, 0.25) is 0 Å². The standard InChI is InChI=1S/C23H25NO4/c1-2-14-24(23(21(25)26)12-7-13-23)22(27)28-15-20-18-10-5-3-8-16(18)17-9-4-6-11-19(17)20/h3-6,8-11,20H,2,7,12-15H2,1H3,(H,25,26). The molecule has 2 aliphatic carbocycles. The van der Waals surface area contributed by atoms with Crippen LogP contribution >= 0.6 is 0 Å². The van der Waals surface area contributed by atoms with Crippen molar-refractivity contribution in [2.45, 2.75) is 44.1 Å². The SMILES string of the molecule is CCCN(C(=O)OCC1c2ccccc2-c2ccccc21)C1(C(=O)O)CCC1. The number of hydrogen-bond acceptors (Lipinski definition) is 3. The molecule has 0 saturated heterocycles. The van der Waals surface area contributed by atoms with Crippen molar-refractivity contribution in [3.63, 3.8) is 0 Å². The Bertz CT molecular complexity index is 857. The fourth-order valence-electron chi connectivity index (χ4n) is 4.49. The molecule has 5 heteroatoms. The van der Waals surface area contributed by atoms with Crippen LogP contribution in [0.1, 0.15) is 49.7 Å². The summed E-state index contributed by atoms with van der Waals surface area (Å²) in [5, 5.41) is 9.72. The lowest BCUT2D eigenvalue weighted by molar-refractivity contribution is -0.156. The quantitative estimate of drug-likeness (QED) is 0.793. The molecule has 5 nitrogen and oxygen atoms in total. The van der Waals surface area contributed by atoms with Crippen LogP contribution in [0.15, 0.2) is 48.5 Å². The summed E-state index contributed by atoms with van der Waals surface area (Å²) in [7, 11) is 0. The molecule has 0 bridgehead atoms. The second-order valence-corrected chi connectivity index (χ2v) is 7.65. The van der Waals surface area contributed by atoms with Crippen molar-refractivity contribution in [1.82, 2.24) is 4.90 Å². The molecule has 2 aliphatic rings. The predicted octanol–water partition coefficient (Wildman–Crippen LogP) is 4.65. The van der Waals surface area contributed by atoms with Gasteiger partial charge in [0, 0.05) is 12.5 Å². The van der Waals surface area contributed by atoms with E-state index in [0.717, 1.165) is 17.5 Å². The highest BCUT2D eigenvalue weighted by molar-refractivity contribution is 5.85. The Morgan fingerprint density at radius 3 is 2.11 bits per heavy atom. The van der Waals surface area contributed by atoms with E-state index in [1.807, 2.05) is 31.2 Å². The van der Waals surface area contributed by atoms with E-state index in [1.54, 1.807) is 0 Å². The highest BCUT2D eigenvalue weighted by Crippen LogP contribution is 2.45. The summed E-state index contributed by atoms with van der Waals surface area (Å²) in [6.45, 7) is 2.55. The van der Waals surface area contributed by atoms with Crippen molar-refractivity contribution in [1.29, 1.82) is 0 Å². The third-order valence-corrected chi connectivity index (χ3v) is 6.10. The number of aliphatic carboxylic acids is 1. The Balaban J connectivity index is 1.55. The first kappa shape index (κ1) is 18.5. The first-order chi connectivity index (χ1) is 13.6. The number of carbonyl (C=O) groups excluding carboxylic acids is 1. The molecule has 0 aliphatic heterocycles. The highest BCUT2D eigenvalue weighted by Gasteiger charge is 2.51.